The molecule has 1 aliphatic carbocycles. The summed E-state index contributed by atoms with van der Waals surface area (Å²) in [5.41, 5.74) is -0.476. The van der Waals surface area contributed by atoms with Crippen molar-refractivity contribution in [3.8, 4) is 11.5 Å². The van der Waals surface area contributed by atoms with Crippen molar-refractivity contribution in [3.63, 3.8) is 0 Å². The summed E-state index contributed by atoms with van der Waals surface area (Å²) in [4.78, 5) is 11.1. The van der Waals surface area contributed by atoms with E-state index < -0.39 is 17.5 Å². The van der Waals surface area contributed by atoms with Gasteiger partial charge in [0.25, 0.3) is 0 Å². The topological polar surface area (TPSA) is 83.0 Å². The van der Waals surface area contributed by atoms with Crippen LogP contribution in [0.5, 0.6) is 0 Å². The molecule has 0 radical (unpaired) electrons. The van der Waals surface area contributed by atoms with E-state index >= 15 is 0 Å². The zero-order valence-corrected chi connectivity index (χ0v) is 17.1. The van der Waals surface area contributed by atoms with Crippen LogP contribution in [-0.2, 0) is 6.18 Å². The van der Waals surface area contributed by atoms with Gasteiger partial charge < -0.3 is 15.1 Å². The van der Waals surface area contributed by atoms with Gasteiger partial charge >= 0.3 is 11.9 Å². The molecule has 1 aromatic heterocycles. The van der Waals surface area contributed by atoms with Crippen molar-refractivity contribution in [2.24, 2.45) is 5.92 Å². The second kappa shape index (κ2) is 9.67. The van der Waals surface area contributed by atoms with Gasteiger partial charge in [0.1, 0.15) is 0 Å². The van der Waals surface area contributed by atoms with Crippen molar-refractivity contribution in [2.75, 3.05) is 11.9 Å². The molecular weight excluding hydrogens is 409 g/mol. The molecule has 1 heterocycles. The number of halogens is 4. The maximum absolute atomic E-state index is 13.5. The van der Waals surface area contributed by atoms with E-state index in [-0.39, 0.29) is 30.0 Å². The van der Waals surface area contributed by atoms with Gasteiger partial charge in [-0.05, 0) is 63.3 Å². The zero-order valence-electron chi connectivity index (χ0n) is 16.3. The van der Waals surface area contributed by atoms with Gasteiger partial charge in [0.15, 0.2) is 0 Å². The summed E-state index contributed by atoms with van der Waals surface area (Å²) >= 11 is 0. The summed E-state index contributed by atoms with van der Waals surface area (Å²) < 4.78 is 45.3. The van der Waals surface area contributed by atoms with Gasteiger partial charge in [-0.2, -0.15) is 13.2 Å². The number of nitrogens with one attached hydrogen (secondary N) is 3. The van der Waals surface area contributed by atoms with Crippen LogP contribution in [0.25, 0.3) is 11.5 Å². The molecule has 1 aromatic carbocycles. The molecule has 0 unspecified atom stereocenters. The maximum atomic E-state index is 13.5. The first-order valence-electron chi connectivity index (χ1n) is 9.55. The Morgan fingerprint density at radius 2 is 1.97 bits per heavy atom. The lowest BCUT2D eigenvalue weighted by molar-refractivity contribution is -0.137. The smallest absolute Gasteiger partial charge is 0.388 e. The molecule has 1 atom stereocenters. The fourth-order valence-corrected chi connectivity index (χ4v) is 3.87. The van der Waals surface area contributed by atoms with E-state index in [9.17, 15) is 18.0 Å². The summed E-state index contributed by atoms with van der Waals surface area (Å²) in [6.07, 6.45) is -0.526. The van der Waals surface area contributed by atoms with Crippen molar-refractivity contribution in [1.29, 1.82) is 0 Å². The van der Waals surface area contributed by atoms with E-state index in [2.05, 4.69) is 27.8 Å². The van der Waals surface area contributed by atoms with Crippen molar-refractivity contribution in [2.45, 2.75) is 57.8 Å². The Morgan fingerprint density at radius 3 is 2.52 bits per heavy atom. The minimum absolute atomic E-state index is 0. The fraction of sp³-hybridized carbons (Fsp3) is 0.579. The predicted molar refractivity (Wildman–Crippen MR) is 107 cm³/mol. The highest BCUT2D eigenvalue weighted by Gasteiger charge is 2.35. The molecule has 3 N–H and O–H groups in total. The van der Waals surface area contributed by atoms with Crippen molar-refractivity contribution >= 4 is 18.1 Å². The quantitative estimate of drug-likeness (QED) is 0.626. The Kier molecular flexibility index (Phi) is 7.76. The van der Waals surface area contributed by atoms with Crippen molar-refractivity contribution < 1.29 is 17.6 Å². The first-order chi connectivity index (χ1) is 13.3. The van der Waals surface area contributed by atoms with Gasteiger partial charge in [0.2, 0.25) is 5.89 Å². The van der Waals surface area contributed by atoms with Crippen LogP contribution in [-0.4, -0.2) is 28.8 Å². The van der Waals surface area contributed by atoms with Crippen LogP contribution in [0.2, 0.25) is 0 Å². The van der Waals surface area contributed by atoms with E-state index in [0.29, 0.717) is 17.5 Å². The number of hydrogen-bond acceptors (Lipinski definition) is 5. The molecular formula is C19H26ClF3N4O2. The predicted octanol–water partition coefficient (Wildman–Crippen LogP) is 4.44. The van der Waals surface area contributed by atoms with Crippen LogP contribution in [0.3, 0.4) is 0 Å². The molecule has 1 aliphatic rings. The molecule has 29 heavy (non-hydrogen) atoms. The van der Waals surface area contributed by atoms with Crippen molar-refractivity contribution in [3.05, 3.63) is 34.3 Å². The van der Waals surface area contributed by atoms with Crippen LogP contribution in [0.15, 0.2) is 27.4 Å². The van der Waals surface area contributed by atoms with Gasteiger partial charge in [-0.25, -0.2) is 9.89 Å². The third-order valence-corrected chi connectivity index (χ3v) is 5.36. The van der Waals surface area contributed by atoms with E-state index in [1.165, 1.54) is 12.1 Å². The van der Waals surface area contributed by atoms with Crippen LogP contribution in [0.1, 0.15) is 45.1 Å². The van der Waals surface area contributed by atoms with Gasteiger partial charge in [0.05, 0.1) is 5.56 Å². The molecule has 1 saturated carbocycles. The Hall–Kier alpha value is -2.00. The van der Waals surface area contributed by atoms with E-state index in [1.54, 1.807) is 0 Å². The highest BCUT2D eigenvalue weighted by atomic mass is 35.5. The molecule has 10 heteroatoms. The summed E-state index contributed by atoms with van der Waals surface area (Å²) in [5.74, 6) is -0.501. The summed E-state index contributed by atoms with van der Waals surface area (Å²) in [5, 5.41) is 12.3. The monoisotopic (exact) mass is 434 g/mol. The van der Waals surface area contributed by atoms with Crippen molar-refractivity contribution in [1.82, 2.24) is 15.5 Å². The number of nitrogens with zero attached hydrogens (tertiary/aromatic N) is 1. The number of aromatic amines is 1. The number of benzene rings is 1. The molecule has 0 bridgehead atoms. The normalized spacial score (nSPS) is 20.7. The molecule has 2 aromatic rings. The van der Waals surface area contributed by atoms with Crippen LogP contribution in [0, 0.1) is 5.92 Å². The second-order valence-electron chi connectivity index (χ2n) is 7.28. The number of hydrogen-bond donors (Lipinski definition) is 3. The fourth-order valence-electron chi connectivity index (χ4n) is 3.87. The molecule has 6 nitrogen and oxygen atoms in total. The lowest BCUT2D eigenvalue weighted by atomic mass is 9.82. The van der Waals surface area contributed by atoms with Gasteiger partial charge in [-0.15, -0.1) is 17.5 Å². The summed E-state index contributed by atoms with van der Waals surface area (Å²) in [6.45, 7) is 4.91. The van der Waals surface area contributed by atoms with E-state index in [4.69, 9.17) is 4.42 Å². The Morgan fingerprint density at radius 1 is 1.28 bits per heavy atom. The zero-order chi connectivity index (χ0) is 20.3. The maximum Gasteiger partial charge on any atom is 0.434 e. The molecule has 0 saturated heterocycles. The largest absolute Gasteiger partial charge is 0.434 e. The minimum atomic E-state index is -4.49. The van der Waals surface area contributed by atoms with Gasteiger partial charge in [-0.3, -0.25) is 0 Å². The Labute approximate surface area is 173 Å². The Bertz CT molecular complexity index is 844. The average Bonchev–Trinajstić information content (AvgIpc) is 3.08. The third-order valence-electron chi connectivity index (χ3n) is 5.36. The number of rotatable bonds is 6. The first kappa shape index (κ1) is 23.3. The van der Waals surface area contributed by atoms with Crippen LogP contribution < -0.4 is 16.4 Å². The molecule has 3 rings (SSSR count). The Balaban J connectivity index is 0.00000300. The standard InChI is InChI=1S/C19H25F3N4O2.ClH/c1-3-23-14-7-4-12(5-8-14)11(2)24-16-10-13(17-25-26-18(27)28-17)6-9-15(16)19(20,21)22;/h6,9-12,14,23-24H,3-5,7-8H2,1-2H3,(H,26,27);1H/t11-,12?,14?;/m0./s1. The van der Waals surface area contributed by atoms with Crippen LogP contribution >= 0.6 is 12.4 Å². The highest BCUT2D eigenvalue weighted by molar-refractivity contribution is 5.85. The number of aromatic nitrogens is 2. The average molecular weight is 435 g/mol. The highest BCUT2D eigenvalue weighted by Crippen LogP contribution is 2.38. The number of H-pyrrole nitrogens is 1. The van der Waals surface area contributed by atoms with E-state index in [1.807, 2.05) is 6.92 Å². The minimum Gasteiger partial charge on any atom is -0.388 e. The SMILES string of the molecule is CCNC1CCC([C@H](C)Nc2cc(-c3n[nH]c(=O)o3)ccc2C(F)(F)F)CC1.Cl. The summed E-state index contributed by atoms with van der Waals surface area (Å²) in [7, 11) is 0. The number of alkyl halides is 3. The second-order valence-corrected chi connectivity index (χ2v) is 7.28. The van der Waals surface area contributed by atoms with Gasteiger partial charge in [0, 0.05) is 23.3 Å². The van der Waals surface area contributed by atoms with E-state index in [0.717, 1.165) is 38.3 Å². The lowest BCUT2D eigenvalue weighted by Gasteiger charge is -2.34. The molecule has 0 spiro atoms. The van der Waals surface area contributed by atoms with Crippen LogP contribution in [0.4, 0.5) is 18.9 Å². The first-order valence-corrected chi connectivity index (χ1v) is 9.55. The summed E-state index contributed by atoms with van der Waals surface area (Å²) in [6, 6.07) is 3.94. The third kappa shape index (κ3) is 5.76. The molecule has 0 aliphatic heterocycles. The molecule has 162 valence electrons. The lowest BCUT2D eigenvalue weighted by Crippen LogP contribution is -2.37. The van der Waals surface area contributed by atoms with Gasteiger partial charge in [-0.1, -0.05) is 6.92 Å². The molecule has 1 fully saturated rings. The molecule has 0 amide bonds. The number of anilines is 1.